The first-order chi connectivity index (χ1) is 8.97. The summed E-state index contributed by atoms with van der Waals surface area (Å²) in [6.45, 7) is 6.35. The Hall–Kier alpha value is -0.320. The van der Waals surface area contributed by atoms with Crippen LogP contribution < -0.4 is 4.74 Å². The van der Waals surface area contributed by atoms with E-state index in [2.05, 4.69) is 70.1 Å². The van der Waals surface area contributed by atoms with Crippen LogP contribution in [-0.2, 0) is 0 Å². The van der Waals surface area contributed by atoms with Crippen molar-refractivity contribution in [2.75, 3.05) is 7.11 Å². The van der Waals surface area contributed by atoms with E-state index in [4.69, 9.17) is 4.74 Å². The normalized spacial score (nSPS) is 12.5. The Labute approximate surface area is 135 Å². The zero-order chi connectivity index (χ0) is 14.2. The highest BCUT2D eigenvalue weighted by Crippen LogP contribution is 2.45. The van der Waals surface area contributed by atoms with Gasteiger partial charge >= 0.3 is 0 Å². The number of benzene rings is 1. The molecule has 1 aromatic heterocycles. The Morgan fingerprint density at radius 1 is 1.21 bits per heavy atom. The number of alkyl halides is 1. The van der Waals surface area contributed by atoms with Crippen molar-refractivity contribution in [2.45, 2.75) is 25.6 Å². The van der Waals surface area contributed by atoms with E-state index in [1.807, 2.05) is 0 Å². The van der Waals surface area contributed by atoms with Crippen molar-refractivity contribution in [3.05, 3.63) is 49.1 Å². The summed E-state index contributed by atoms with van der Waals surface area (Å²) < 4.78 is 6.75. The Balaban J connectivity index is 2.64. The first kappa shape index (κ1) is 15.1. The lowest BCUT2D eigenvalue weighted by atomic mass is 9.99. The minimum Gasteiger partial charge on any atom is -0.496 e. The fourth-order valence-corrected chi connectivity index (χ4v) is 4.93. The van der Waals surface area contributed by atoms with Gasteiger partial charge in [-0.05, 0) is 55.0 Å². The number of rotatable bonds is 3. The van der Waals surface area contributed by atoms with Gasteiger partial charge in [-0.3, -0.25) is 0 Å². The topological polar surface area (TPSA) is 9.23 Å². The summed E-state index contributed by atoms with van der Waals surface area (Å²) in [6, 6.07) is 4.26. The molecular formula is C15H16Br2OS. The van der Waals surface area contributed by atoms with Gasteiger partial charge in [-0.15, -0.1) is 11.3 Å². The van der Waals surface area contributed by atoms with Gasteiger partial charge in [0.2, 0.25) is 0 Å². The molecule has 0 amide bonds. The molecule has 2 rings (SSSR count). The molecular weight excluding hydrogens is 388 g/mol. The van der Waals surface area contributed by atoms with Gasteiger partial charge in [0.05, 0.1) is 11.9 Å². The summed E-state index contributed by atoms with van der Waals surface area (Å²) in [5, 5.41) is 2.13. The van der Waals surface area contributed by atoms with E-state index in [1.165, 1.54) is 21.6 Å². The van der Waals surface area contributed by atoms with Gasteiger partial charge < -0.3 is 4.74 Å². The first-order valence-electron chi connectivity index (χ1n) is 5.99. The van der Waals surface area contributed by atoms with E-state index in [9.17, 15) is 0 Å². The van der Waals surface area contributed by atoms with Crippen molar-refractivity contribution in [3.63, 3.8) is 0 Å². The van der Waals surface area contributed by atoms with Gasteiger partial charge in [-0.1, -0.05) is 31.9 Å². The molecule has 0 aliphatic heterocycles. The number of methoxy groups -OCH3 is 1. The molecule has 1 unspecified atom stereocenters. The van der Waals surface area contributed by atoms with Gasteiger partial charge in [0.15, 0.2) is 0 Å². The van der Waals surface area contributed by atoms with Gasteiger partial charge in [-0.25, -0.2) is 0 Å². The van der Waals surface area contributed by atoms with Gasteiger partial charge in [0, 0.05) is 14.9 Å². The van der Waals surface area contributed by atoms with Crippen LogP contribution in [0.25, 0.3) is 0 Å². The largest absolute Gasteiger partial charge is 0.496 e. The van der Waals surface area contributed by atoms with Crippen LogP contribution >= 0.6 is 43.2 Å². The molecule has 0 spiro atoms. The molecule has 1 nitrogen and oxygen atoms in total. The van der Waals surface area contributed by atoms with Crippen molar-refractivity contribution < 1.29 is 4.74 Å². The third-order valence-electron chi connectivity index (χ3n) is 3.30. The fourth-order valence-electron chi connectivity index (χ4n) is 2.23. The minimum atomic E-state index is 0.165. The summed E-state index contributed by atoms with van der Waals surface area (Å²) in [7, 11) is 1.74. The number of aryl methyl sites for hydroxylation is 2. The van der Waals surface area contributed by atoms with Crippen molar-refractivity contribution in [3.8, 4) is 5.75 Å². The van der Waals surface area contributed by atoms with Crippen LogP contribution in [0, 0.1) is 20.8 Å². The van der Waals surface area contributed by atoms with Crippen LogP contribution in [0.15, 0.2) is 22.0 Å². The number of hydrogen-bond acceptors (Lipinski definition) is 2. The molecule has 1 heterocycles. The molecule has 19 heavy (non-hydrogen) atoms. The average Bonchev–Trinajstić information content (AvgIpc) is 2.79. The highest BCUT2D eigenvalue weighted by molar-refractivity contribution is 9.10. The molecule has 0 fully saturated rings. The van der Waals surface area contributed by atoms with E-state index < -0.39 is 0 Å². The number of hydrogen-bond donors (Lipinski definition) is 0. The molecule has 0 radical (unpaired) electrons. The molecule has 0 N–H and O–H groups in total. The number of halogens is 2. The van der Waals surface area contributed by atoms with E-state index in [1.54, 1.807) is 18.4 Å². The quantitative estimate of drug-likeness (QED) is 0.577. The second-order valence-electron chi connectivity index (χ2n) is 4.58. The van der Waals surface area contributed by atoms with E-state index in [0.29, 0.717) is 0 Å². The molecule has 0 saturated carbocycles. The van der Waals surface area contributed by atoms with Crippen molar-refractivity contribution in [1.82, 2.24) is 0 Å². The summed E-state index contributed by atoms with van der Waals surface area (Å²) in [5.41, 5.74) is 4.89. The lowest BCUT2D eigenvalue weighted by molar-refractivity contribution is 0.407. The Morgan fingerprint density at radius 3 is 2.42 bits per heavy atom. The number of thiophene rings is 1. The monoisotopic (exact) mass is 402 g/mol. The fraction of sp³-hybridized carbons (Fsp3) is 0.333. The Kier molecular flexibility index (Phi) is 4.75. The summed E-state index contributed by atoms with van der Waals surface area (Å²) in [5.74, 6) is 0.968. The van der Waals surface area contributed by atoms with Crippen LogP contribution in [0.5, 0.6) is 5.75 Å². The van der Waals surface area contributed by atoms with Crippen molar-refractivity contribution in [1.29, 1.82) is 0 Å². The molecule has 0 aliphatic rings. The predicted octanol–water partition coefficient (Wildman–Crippen LogP) is 5.93. The Morgan fingerprint density at radius 2 is 1.89 bits per heavy atom. The summed E-state index contributed by atoms with van der Waals surface area (Å²) in [6.07, 6.45) is 0. The SMILES string of the molecule is COc1c(C)cc(Br)c(C)c1C(Br)c1sccc1C. The maximum Gasteiger partial charge on any atom is 0.126 e. The molecule has 0 saturated heterocycles. The standard InChI is InChI=1S/C15H16Br2OS/c1-8-5-6-19-15(8)13(17)12-10(3)11(16)7-9(2)14(12)18-4/h5-7,13H,1-4H3. The van der Waals surface area contributed by atoms with Crippen LogP contribution in [0.4, 0.5) is 0 Å². The van der Waals surface area contributed by atoms with Crippen LogP contribution in [-0.4, -0.2) is 7.11 Å². The summed E-state index contributed by atoms with van der Waals surface area (Å²) >= 11 is 9.26. The maximum atomic E-state index is 5.62. The maximum absolute atomic E-state index is 5.62. The molecule has 1 atom stereocenters. The lowest BCUT2D eigenvalue weighted by Crippen LogP contribution is -2.02. The lowest BCUT2D eigenvalue weighted by Gasteiger charge is -2.20. The first-order valence-corrected chi connectivity index (χ1v) is 8.57. The zero-order valence-electron chi connectivity index (χ0n) is 11.4. The Bertz CT molecular complexity index is 604. The molecule has 102 valence electrons. The van der Waals surface area contributed by atoms with Crippen molar-refractivity contribution >= 4 is 43.2 Å². The highest BCUT2D eigenvalue weighted by Gasteiger charge is 2.23. The predicted molar refractivity (Wildman–Crippen MR) is 90.0 cm³/mol. The average molecular weight is 404 g/mol. The third-order valence-corrected chi connectivity index (χ3v) is 6.42. The molecule has 1 aromatic carbocycles. The van der Waals surface area contributed by atoms with Crippen LogP contribution in [0.2, 0.25) is 0 Å². The second kappa shape index (κ2) is 5.98. The second-order valence-corrected chi connectivity index (χ2v) is 7.30. The van der Waals surface area contributed by atoms with Crippen molar-refractivity contribution in [2.24, 2.45) is 0 Å². The van der Waals surface area contributed by atoms with Crippen LogP contribution in [0.1, 0.15) is 32.0 Å². The van der Waals surface area contributed by atoms with Gasteiger partial charge in [0.25, 0.3) is 0 Å². The molecule has 4 heteroatoms. The molecule has 0 aliphatic carbocycles. The van der Waals surface area contributed by atoms with Crippen LogP contribution in [0.3, 0.4) is 0 Å². The smallest absolute Gasteiger partial charge is 0.126 e. The van der Waals surface area contributed by atoms with E-state index in [0.717, 1.165) is 15.8 Å². The molecule has 2 aromatic rings. The zero-order valence-corrected chi connectivity index (χ0v) is 15.4. The van der Waals surface area contributed by atoms with Gasteiger partial charge in [-0.2, -0.15) is 0 Å². The van der Waals surface area contributed by atoms with E-state index >= 15 is 0 Å². The minimum absolute atomic E-state index is 0.165. The molecule has 0 bridgehead atoms. The highest BCUT2D eigenvalue weighted by atomic mass is 79.9. The number of ether oxygens (including phenoxy) is 1. The summed E-state index contributed by atoms with van der Waals surface area (Å²) in [4.78, 5) is 1.50. The van der Waals surface area contributed by atoms with E-state index in [-0.39, 0.29) is 4.83 Å². The van der Waals surface area contributed by atoms with Gasteiger partial charge in [0.1, 0.15) is 5.75 Å². The third kappa shape index (κ3) is 2.76.